The van der Waals surface area contributed by atoms with E-state index in [0.29, 0.717) is 13.1 Å². The van der Waals surface area contributed by atoms with Crippen molar-refractivity contribution in [3.8, 4) is 0 Å². The summed E-state index contributed by atoms with van der Waals surface area (Å²) < 4.78 is 27.2. The summed E-state index contributed by atoms with van der Waals surface area (Å²) >= 11 is 3.37. The fourth-order valence-electron chi connectivity index (χ4n) is 1.83. The van der Waals surface area contributed by atoms with Crippen LogP contribution in [0.1, 0.15) is 25.8 Å². The van der Waals surface area contributed by atoms with Gasteiger partial charge in [-0.25, -0.2) is 12.7 Å². The van der Waals surface area contributed by atoms with Gasteiger partial charge in [0.15, 0.2) is 0 Å². The molecular weight excluding hydrogens is 340 g/mol. The minimum Gasteiger partial charge on any atom is -0.315 e. The molecule has 0 bridgehead atoms. The number of nitrogens with zero attached hydrogens (tertiary/aromatic N) is 1. The van der Waals surface area contributed by atoms with Crippen LogP contribution in [0.5, 0.6) is 0 Å². The molecule has 0 aliphatic heterocycles. The van der Waals surface area contributed by atoms with Crippen LogP contribution in [0.25, 0.3) is 0 Å². The van der Waals surface area contributed by atoms with Gasteiger partial charge in [0.25, 0.3) is 0 Å². The van der Waals surface area contributed by atoms with E-state index in [4.69, 9.17) is 0 Å². The Labute approximate surface area is 130 Å². The van der Waals surface area contributed by atoms with Gasteiger partial charge in [-0.1, -0.05) is 35.0 Å². The number of nitrogens with one attached hydrogen (secondary N) is 1. The lowest BCUT2D eigenvalue weighted by molar-refractivity contribution is 0.453. The molecule has 1 aromatic rings. The van der Waals surface area contributed by atoms with E-state index in [0.717, 1.165) is 23.0 Å². The van der Waals surface area contributed by atoms with Crippen LogP contribution in [-0.2, 0) is 16.6 Å². The van der Waals surface area contributed by atoms with E-state index in [2.05, 4.69) is 28.2 Å². The fourth-order valence-corrected chi connectivity index (χ4v) is 3.37. The molecule has 0 spiro atoms. The van der Waals surface area contributed by atoms with Gasteiger partial charge in [-0.05, 0) is 37.6 Å². The van der Waals surface area contributed by atoms with Crippen molar-refractivity contribution >= 4 is 26.0 Å². The molecule has 1 rings (SSSR count). The van der Waals surface area contributed by atoms with Gasteiger partial charge in [0, 0.05) is 24.6 Å². The quantitative estimate of drug-likeness (QED) is 0.723. The standard InChI is InChI=1S/C14H23BrN2O2S/c1-4-9-16-10-12(2)20(18,19)17(3)11-13-5-7-14(15)8-6-13/h5-8,12,16H,4,9-11H2,1-3H3. The number of benzene rings is 1. The van der Waals surface area contributed by atoms with E-state index >= 15 is 0 Å². The largest absolute Gasteiger partial charge is 0.315 e. The lowest BCUT2D eigenvalue weighted by Gasteiger charge is -2.22. The first kappa shape index (κ1) is 17.6. The zero-order chi connectivity index (χ0) is 15.2. The third kappa shape index (κ3) is 5.16. The molecule has 6 heteroatoms. The molecule has 0 saturated heterocycles. The molecule has 0 fully saturated rings. The van der Waals surface area contributed by atoms with Gasteiger partial charge in [0.1, 0.15) is 0 Å². The van der Waals surface area contributed by atoms with Crippen molar-refractivity contribution in [2.45, 2.75) is 32.1 Å². The summed E-state index contributed by atoms with van der Waals surface area (Å²) in [5.74, 6) is 0. The first-order valence-electron chi connectivity index (χ1n) is 6.78. The van der Waals surface area contributed by atoms with E-state index in [-0.39, 0.29) is 0 Å². The maximum absolute atomic E-state index is 12.4. The maximum Gasteiger partial charge on any atom is 0.218 e. The Balaban J connectivity index is 2.64. The average Bonchev–Trinajstić information content (AvgIpc) is 2.41. The zero-order valence-electron chi connectivity index (χ0n) is 12.3. The molecule has 4 nitrogen and oxygen atoms in total. The van der Waals surface area contributed by atoms with Crippen LogP contribution in [0.4, 0.5) is 0 Å². The van der Waals surface area contributed by atoms with Crippen LogP contribution in [0.15, 0.2) is 28.7 Å². The Kier molecular flexibility index (Phi) is 7.15. The minimum atomic E-state index is -3.27. The normalized spacial score (nSPS) is 13.7. The monoisotopic (exact) mass is 362 g/mol. The molecule has 0 aliphatic carbocycles. The summed E-state index contributed by atoms with van der Waals surface area (Å²) in [7, 11) is -1.64. The molecule has 1 aromatic carbocycles. The number of rotatable bonds is 8. The number of halogens is 1. The lowest BCUT2D eigenvalue weighted by atomic mass is 10.2. The van der Waals surface area contributed by atoms with Crippen molar-refractivity contribution in [3.05, 3.63) is 34.3 Å². The summed E-state index contributed by atoms with van der Waals surface area (Å²) in [4.78, 5) is 0. The van der Waals surface area contributed by atoms with Crippen LogP contribution >= 0.6 is 15.9 Å². The predicted octanol–water partition coefficient (Wildman–Crippen LogP) is 2.60. The molecule has 0 radical (unpaired) electrons. The SMILES string of the molecule is CCCNCC(C)S(=O)(=O)N(C)Cc1ccc(Br)cc1. The highest BCUT2D eigenvalue weighted by Gasteiger charge is 2.25. The van der Waals surface area contributed by atoms with E-state index in [9.17, 15) is 8.42 Å². The van der Waals surface area contributed by atoms with Crippen molar-refractivity contribution in [2.24, 2.45) is 0 Å². The Morgan fingerprint density at radius 2 is 1.90 bits per heavy atom. The molecule has 1 unspecified atom stereocenters. The Morgan fingerprint density at radius 1 is 1.30 bits per heavy atom. The van der Waals surface area contributed by atoms with Crippen LogP contribution in [0.3, 0.4) is 0 Å². The second-order valence-electron chi connectivity index (χ2n) is 4.94. The third-order valence-electron chi connectivity index (χ3n) is 3.12. The number of sulfonamides is 1. The van der Waals surface area contributed by atoms with Crippen molar-refractivity contribution in [3.63, 3.8) is 0 Å². The Hall–Kier alpha value is -0.430. The highest BCUT2D eigenvalue weighted by molar-refractivity contribution is 9.10. The van der Waals surface area contributed by atoms with E-state index in [1.54, 1.807) is 14.0 Å². The lowest BCUT2D eigenvalue weighted by Crippen LogP contribution is -2.40. The summed E-state index contributed by atoms with van der Waals surface area (Å²) in [6.07, 6.45) is 1.00. The highest BCUT2D eigenvalue weighted by Crippen LogP contribution is 2.14. The number of hydrogen-bond acceptors (Lipinski definition) is 3. The van der Waals surface area contributed by atoms with Gasteiger partial charge >= 0.3 is 0 Å². The van der Waals surface area contributed by atoms with Gasteiger partial charge in [-0.15, -0.1) is 0 Å². The van der Waals surface area contributed by atoms with Crippen molar-refractivity contribution in [1.29, 1.82) is 0 Å². The molecule has 0 aliphatic rings. The van der Waals surface area contributed by atoms with Crippen LogP contribution in [0, 0.1) is 0 Å². The van der Waals surface area contributed by atoms with E-state index in [1.807, 2.05) is 24.3 Å². The summed E-state index contributed by atoms with van der Waals surface area (Å²) in [6.45, 7) is 5.53. The molecular formula is C14H23BrN2O2S. The predicted molar refractivity (Wildman–Crippen MR) is 87.2 cm³/mol. The molecule has 0 aromatic heterocycles. The second-order valence-corrected chi connectivity index (χ2v) is 8.32. The molecule has 0 amide bonds. The van der Waals surface area contributed by atoms with Gasteiger partial charge in [0.2, 0.25) is 10.0 Å². The molecule has 0 heterocycles. The van der Waals surface area contributed by atoms with Crippen molar-refractivity contribution in [1.82, 2.24) is 9.62 Å². The Bertz CT molecular complexity index is 502. The Morgan fingerprint density at radius 3 is 2.45 bits per heavy atom. The first-order chi connectivity index (χ1) is 9.37. The fraction of sp³-hybridized carbons (Fsp3) is 0.571. The van der Waals surface area contributed by atoms with Crippen molar-refractivity contribution < 1.29 is 8.42 Å². The molecule has 0 saturated carbocycles. The smallest absolute Gasteiger partial charge is 0.218 e. The van der Waals surface area contributed by atoms with Crippen LogP contribution in [-0.4, -0.2) is 38.1 Å². The van der Waals surface area contributed by atoms with E-state index < -0.39 is 15.3 Å². The third-order valence-corrected chi connectivity index (χ3v) is 5.83. The summed E-state index contributed by atoms with van der Waals surface area (Å²) in [5, 5.41) is 2.73. The summed E-state index contributed by atoms with van der Waals surface area (Å²) in [6, 6.07) is 7.69. The van der Waals surface area contributed by atoms with Crippen molar-refractivity contribution in [2.75, 3.05) is 20.1 Å². The molecule has 1 atom stereocenters. The summed E-state index contributed by atoms with van der Waals surface area (Å²) in [5.41, 5.74) is 0.980. The van der Waals surface area contributed by atoms with Gasteiger partial charge < -0.3 is 5.32 Å². The first-order valence-corrected chi connectivity index (χ1v) is 9.07. The molecule has 1 N–H and O–H groups in total. The average molecular weight is 363 g/mol. The van der Waals surface area contributed by atoms with Gasteiger partial charge in [0.05, 0.1) is 5.25 Å². The molecule has 20 heavy (non-hydrogen) atoms. The van der Waals surface area contributed by atoms with E-state index in [1.165, 1.54) is 4.31 Å². The zero-order valence-corrected chi connectivity index (χ0v) is 14.7. The second kappa shape index (κ2) is 8.12. The maximum atomic E-state index is 12.4. The molecule has 114 valence electrons. The van der Waals surface area contributed by atoms with Gasteiger partial charge in [-0.2, -0.15) is 0 Å². The van der Waals surface area contributed by atoms with Crippen LogP contribution < -0.4 is 5.32 Å². The highest BCUT2D eigenvalue weighted by atomic mass is 79.9. The van der Waals surface area contributed by atoms with Crippen LogP contribution in [0.2, 0.25) is 0 Å². The number of hydrogen-bond donors (Lipinski definition) is 1. The van der Waals surface area contributed by atoms with Gasteiger partial charge in [-0.3, -0.25) is 0 Å². The topological polar surface area (TPSA) is 49.4 Å². The minimum absolute atomic E-state index is 0.397.